The van der Waals surface area contributed by atoms with Crippen LogP contribution < -0.4 is 4.90 Å². The SMILES string of the molecule is ClCCN(Cc1ccccc1)c1ncncc1Br. The molecule has 3 nitrogen and oxygen atoms in total. The maximum absolute atomic E-state index is 5.86. The van der Waals surface area contributed by atoms with Crippen molar-refractivity contribution < 1.29 is 0 Å². The highest BCUT2D eigenvalue weighted by atomic mass is 79.9. The van der Waals surface area contributed by atoms with Crippen molar-refractivity contribution in [1.29, 1.82) is 0 Å². The number of alkyl halides is 1. The number of anilines is 1. The van der Waals surface area contributed by atoms with E-state index < -0.39 is 0 Å². The summed E-state index contributed by atoms with van der Waals surface area (Å²) in [5, 5.41) is 0. The lowest BCUT2D eigenvalue weighted by atomic mass is 10.2. The molecule has 0 atom stereocenters. The number of rotatable bonds is 5. The van der Waals surface area contributed by atoms with E-state index in [4.69, 9.17) is 11.6 Å². The highest BCUT2D eigenvalue weighted by Crippen LogP contribution is 2.23. The highest BCUT2D eigenvalue weighted by Gasteiger charge is 2.11. The molecule has 0 saturated carbocycles. The van der Waals surface area contributed by atoms with Crippen LogP contribution in [-0.2, 0) is 6.54 Å². The van der Waals surface area contributed by atoms with Gasteiger partial charge in [0.2, 0.25) is 0 Å². The summed E-state index contributed by atoms with van der Waals surface area (Å²) in [4.78, 5) is 10.4. The zero-order chi connectivity index (χ0) is 12.8. The van der Waals surface area contributed by atoms with E-state index >= 15 is 0 Å². The molecular weight excluding hydrogens is 314 g/mol. The summed E-state index contributed by atoms with van der Waals surface area (Å²) in [5.74, 6) is 1.43. The Morgan fingerprint density at radius 1 is 1.22 bits per heavy atom. The van der Waals surface area contributed by atoms with E-state index in [2.05, 4.69) is 42.9 Å². The Hall–Kier alpha value is -1.13. The van der Waals surface area contributed by atoms with Crippen LogP contribution in [0.1, 0.15) is 5.56 Å². The summed E-state index contributed by atoms with van der Waals surface area (Å²) in [6.45, 7) is 1.52. The quantitative estimate of drug-likeness (QED) is 0.788. The summed E-state index contributed by atoms with van der Waals surface area (Å²) in [6, 6.07) is 10.3. The van der Waals surface area contributed by atoms with Crippen molar-refractivity contribution in [1.82, 2.24) is 9.97 Å². The van der Waals surface area contributed by atoms with Crippen molar-refractivity contribution >= 4 is 33.3 Å². The third-order valence-electron chi connectivity index (χ3n) is 2.52. The molecule has 0 unspecified atom stereocenters. The normalized spacial score (nSPS) is 10.3. The minimum atomic E-state index is 0.559. The first-order valence-electron chi connectivity index (χ1n) is 5.61. The lowest BCUT2D eigenvalue weighted by Gasteiger charge is -2.23. The lowest BCUT2D eigenvalue weighted by molar-refractivity contribution is 0.809. The molecule has 18 heavy (non-hydrogen) atoms. The average Bonchev–Trinajstić information content (AvgIpc) is 2.40. The fourth-order valence-electron chi connectivity index (χ4n) is 1.70. The first kappa shape index (κ1) is 13.3. The number of benzene rings is 1. The zero-order valence-corrected chi connectivity index (χ0v) is 12.1. The number of aromatic nitrogens is 2. The van der Waals surface area contributed by atoms with Crippen LogP contribution in [0, 0.1) is 0 Å². The van der Waals surface area contributed by atoms with Crippen molar-refractivity contribution in [3.8, 4) is 0 Å². The Balaban J connectivity index is 2.21. The van der Waals surface area contributed by atoms with E-state index in [1.165, 1.54) is 5.56 Å². The zero-order valence-electron chi connectivity index (χ0n) is 9.76. The molecule has 0 aliphatic heterocycles. The van der Waals surface area contributed by atoms with Crippen LogP contribution in [0.3, 0.4) is 0 Å². The van der Waals surface area contributed by atoms with Gasteiger partial charge in [0.25, 0.3) is 0 Å². The molecule has 2 aromatic rings. The largest absolute Gasteiger partial charge is 0.350 e. The molecule has 2 rings (SSSR count). The molecule has 0 bridgehead atoms. The fourth-order valence-corrected chi connectivity index (χ4v) is 2.38. The molecule has 0 aliphatic rings. The summed E-state index contributed by atoms with van der Waals surface area (Å²) >= 11 is 9.33. The second kappa shape index (κ2) is 6.71. The molecule has 0 amide bonds. The van der Waals surface area contributed by atoms with Gasteiger partial charge in [0.1, 0.15) is 12.1 Å². The van der Waals surface area contributed by atoms with Gasteiger partial charge in [-0.25, -0.2) is 9.97 Å². The summed E-state index contributed by atoms with van der Waals surface area (Å²) in [7, 11) is 0. The topological polar surface area (TPSA) is 29.0 Å². The smallest absolute Gasteiger partial charge is 0.146 e. The van der Waals surface area contributed by atoms with Crippen molar-refractivity contribution in [2.24, 2.45) is 0 Å². The molecule has 94 valence electrons. The van der Waals surface area contributed by atoms with Gasteiger partial charge >= 0.3 is 0 Å². The van der Waals surface area contributed by atoms with Gasteiger partial charge in [0, 0.05) is 25.2 Å². The monoisotopic (exact) mass is 325 g/mol. The Kier molecular flexibility index (Phi) is 4.96. The Labute approximate surface area is 120 Å². The Morgan fingerprint density at radius 3 is 2.67 bits per heavy atom. The van der Waals surface area contributed by atoms with E-state index in [1.807, 2.05) is 18.2 Å². The van der Waals surface area contributed by atoms with Gasteiger partial charge in [0.05, 0.1) is 4.47 Å². The van der Waals surface area contributed by atoms with Crippen molar-refractivity contribution in [2.75, 3.05) is 17.3 Å². The first-order chi connectivity index (χ1) is 8.81. The van der Waals surface area contributed by atoms with Crippen LogP contribution in [0.4, 0.5) is 5.82 Å². The highest BCUT2D eigenvalue weighted by molar-refractivity contribution is 9.10. The van der Waals surface area contributed by atoms with Crippen LogP contribution >= 0.6 is 27.5 Å². The second-order valence-corrected chi connectivity index (χ2v) is 5.02. The van der Waals surface area contributed by atoms with Gasteiger partial charge in [-0.1, -0.05) is 30.3 Å². The Morgan fingerprint density at radius 2 is 2.00 bits per heavy atom. The van der Waals surface area contributed by atoms with Crippen molar-refractivity contribution in [3.05, 3.63) is 52.9 Å². The molecule has 0 N–H and O–H groups in total. The standard InChI is InChI=1S/C13H13BrClN3/c14-12-8-16-10-17-13(12)18(7-6-15)9-11-4-2-1-3-5-11/h1-5,8,10H,6-7,9H2. The van der Waals surface area contributed by atoms with Crippen molar-refractivity contribution in [3.63, 3.8) is 0 Å². The predicted octanol–water partition coefficient (Wildman–Crippen LogP) is 3.48. The maximum atomic E-state index is 5.86. The van der Waals surface area contributed by atoms with Gasteiger partial charge in [-0.05, 0) is 21.5 Å². The van der Waals surface area contributed by atoms with E-state index in [1.54, 1.807) is 12.5 Å². The molecule has 0 radical (unpaired) electrons. The molecule has 0 spiro atoms. The van der Waals surface area contributed by atoms with Crippen molar-refractivity contribution in [2.45, 2.75) is 6.54 Å². The lowest BCUT2D eigenvalue weighted by Crippen LogP contribution is -2.26. The number of halogens is 2. The van der Waals surface area contributed by atoms with Crippen LogP contribution in [0.25, 0.3) is 0 Å². The van der Waals surface area contributed by atoms with Gasteiger partial charge in [-0.3, -0.25) is 0 Å². The van der Waals surface area contributed by atoms with Crippen LogP contribution in [0.15, 0.2) is 47.3 Å². The molecule has 0 aliphatic carbocycles. The van der Waals surface area contributed by atoms with E-state index in [0.717, 1.165) is 23.4 Å². The third-order valence-corrected chi connectivity index (χ3v) is 3.25. The molecule has 1 heterocycles. The van der Waals surface area contributed by atoms with E-state index in [0.29, 0.717) is 5.88 Å². The predicted molar refractivity (Wildman–Crippen MR) is 77.9 cm³/mol. The minimum Gasteiger partial charge on any atom is -0.350 e. The van der Waals surface area contributed by atoms with Crippen LogP contribution in [-0.4, -0.2) is 22.4 Å². The number of nitrogens with zero attached hydrogens (tertiary/aromatic N) is 3. The third kappa shape index (κ3) is 3.43. The fraction of sp³-hybridized carbons (Fsp3) is 0.231. The minimum absolute atomic E-state index is 0.559. The van der Waals surface area contributed by atoms with Gasteiger partial charge in [-0.2, -0.15) is 0 Å². The first-order valence-corrected chi connectivity index (χ1v) is 6.94. The van der Waals surface area contributed by atoms with Crippen LogP contribution in [0.2, 0.25) is 0 Å². The molecular formula is C13H13BrClN3. The van der Waals surface area contributed by atoms with E-state index in [-0.39, 0.29) is 0 Å². The van der Waals surface area contributed by atoms with Gasteiger partial charge in [0.15, 0.2) is 0 Å². The molecule has 1 aromatic carbocycles. The summed E-state index contributed by atoms with van der Waals surface area (Å²) in [6.07, 6.45) is 3.29. The average molecular weight is 327 g/mol. The summed E-state index contributed by atoms with van der Waals surface area (Å²) < 4.78 is 0.881. The molecule has 0 fully saturated rings. The second-order valence-electron chi connectivity index (χ2n) is 3.79. The molecule has 5 heteroatoms. The van der Waals surface area contributed by atoms with E-state index in [9.17, 15) is 0 Å². The maximum Gasteiger partial charge on any atom is 0.146 e. The molecule has 0 saturated heterocycles. The number of hydrogen-bond acceptors (Lipinski definition) is 3. The number of hydrogen-bond donors (Lipinski definition) is 0. The Bertz CT molecular complexity index is 493. The van der Waals surface area contributed by atoms with Gasteiger partial charge < -0.3 is 4.90 Å². The molecule has 1 aromatic heterocycles. The summed E-state index contributed by atoms with van der Waals surface area (Å²) in [5.41, 5.74) is 1.23. The van der Waals surface area contributed by atoms with Crippen LogP contribution in [0.5, 0.6) is 0 Å². The van der Waals surface area contributed by atoms with Gasteiger partial charge in [-0.15, -0.1) is 11.6 Å².